The van der Waals surface area contributed by atoms with E-state index in [0.717, 1.165) is 43.8 Å². The van der Waals surface area contributed by atoms with E-state index in [4.69, 9.17) is 4.74 Å². The molecule has 0 aliphatic rings. The Morgan fingerprint density at radius 3 is 2.36 bits per heavy atom. The number of benzene rings is 1. The van der Waals surface area contributed by atoms with Gasteiger partial charge in [-0.3, -0.25) is 4.79 Å². The van der Waals surface area contributed by atoms with Crippen molar-refractivity contribution in [2.45, 2.75) is 38.5 Å². The van der Waals surface area contributed by atoms with Crippen LogP contribution < -0.4 is 0 Å². The van der Waals surface area contributed by atoms with Gasteiger partial charge < -0.3 is 9.64 Å². The van der Waals surface area contributed by atoms with Gasteiger partial charge in [0.1, 0.15) is 5.41 Å². The first kappa shape index (κ1) is 19.7. The molecule has 0 N–H and O–H groups in total. The van der Waals surface area contributed by atoms with Crippen LogP contribution in [-0.4, -0.2) is 37.6 Å². The smallest absolute Gasteiger partial charge is 0.317 e. The van der Waals surface area contributed by atoms with E-state index in [0.29, 0.717) is 0 Å². The van der Waals surface area contributed by atoms with Crippen LogP contribution >= 0.6 is 11.3 Å². The van der Waals surface area contributed by atoms with Crippen LogP contribution in [0.3, 0.4) is 0 Å². The number of esters is 1. The molecule has 3 nitrogen and oxygen atoms in total. The maximum absolute atomic E-state index is 12.9. The van der Waals surface area contributed by atoms with Crippen LogP contribution in [0.2, 0.25) is 0 Å². The van der Waals surface area contributed by atoms with Gasteiger partial charge >= 0.3 is 5.97 Å². The lowest BCUT2D eigenvalue weighted by Crippen LogP contribution is -2.40. The van der Waals surface area contributed by atoms with Gasteiger partial charge in [0.15, 0.2) is 0 Å². The third-order valence-electron chi connectivity index (χ3n) is 5.00. The summed E-state index contributed by atoms with van der Waals surface area (Å²) in [6, 6.07) is 14.5. The molecule has 2 aromatic rings. The SMILES string of the molecule is CCN(CC)CC[C@](CCc1ccccc1)(C(=O)OC)c1cccs1. The maximum atomic E-state index is 12.9. The Kier molecular flexibility index (Phi) is 7.66. The number of aryl methyl sites for hydroxylation is 1. The van der Waals surface area contributed by atoms with Crippen molar-refractivity contribution in [3.63, 3.8) is 0 Å². The van der Waals surface area contributed by atoms with E-state index in [1.807, 2.05) is 17.5 Å². The zero-order valence-corrected chi connectivity index (χ0v) is 16.3. The first-order chi connectivity index (χ1) is 12.2. The van der Waals surface area contributed by atoms with Crippen molar-refractivity contribution in [3.8, 4) is 0 Å². The third-order valence-corrected chi connectivity index (χ3v) is 6.08. The molecule has 1 aromatic heterocycles. The zero-order chi connectivity index (χ0) is 18.1. The molecule has 2 rings (SSSR count). The highest BCUT2D eigenvalue weighted by Gasteiger charge is 2.41. The third kappa shape index (κ3) is 4.93. The van der Waals surface area contributed by atoms with E-state index in [-0.39, 0.29) is 5.97 Å². The summed E-state index contributed by atoms with van der Waals surface area (Å²) >= 11 is 1.66. The fourth-order valence-corrected chi connectivity index (χ4v) is 4.29. The Morgan fingerprint density at radius 1 is 1.08 bits per heavy atom. The lowest BCUT2D eigenvalue weighted by Gasteiger charge is -2.32. The molecular formula is C21H29NO2S. The fraction of sp³-hybridized carbons (Fsp3) is 0.476. The first-order valence-electron chi connectivity index (χ1n) is 9.05. The van der Waals surface area contributed by atoms with E-state index in [1.165, 1.54) is 12.7 Å². The molecule has 0 spiro atoms. The van der Waals surface area contributed by atoms with E-state index in [2.05, 4.69) is 49.1 Å². The average Bonchev–Trinajstić information content (AvgIpc) is 3.20. The summed E-state index contributed by atoms with van der Waals surface area (Å²) in [6.07, 6.45) is 2.42. The Labute approximate surface area is 155 Å². The number of carbonyl (C=O) groups is 1. The highest BCUT2D eigenvalue weighted by atomic mass is 32.1. The van der Waals surface area contributed by atoms with Crippen molar-refractivity contribution in [2.75, 3.05) is 26.7 Å². The predicted molar refractivity (Wildman–Crippen MR) is 105 cm³/mol. The fourth-order valence-electron chi connectivity index (χ4n) is 3.31. The van der Waals surface area contributed by atoms with Gasteiger partial charge in [0.05, 0.1) is 7.11 Å². The first-order valence-corrected chi connectivity index (χ1v) is 9.93. The topological polar surface area (TPSA) is 29.5 Å². The molecule has 1 heterocycles. The van der Waals surface area contributed by atoms with Gasteiger partial charge in [-0.1, -0.05) is 50.2 Å². The van der Waals surface area contributed by atoms with E-state index in [9.17, 15) is 4.79 Å². The maximum Gasteiger partial charge on any atom is 0.317 e. The molecule has 1 aromatic carbocycles. The summed E-state index contributed by atoms with van der Waals surface area (Å²) in [5.41, 5.74) is 0.691. The minimum atomic E-state index is -0.568. The molecule has 4 heteroatoms. The Hall–Kier alpha value is -1.65. The van der Waals surface area contributed by atoms with Crippen LogP contribution in [0.15, 0.2) is 47.8 Å². The molecular weight excluding hydrogens is 330 g/mol. The predicted octanol–water partition coefficient (Wildman–Crippen LogP) is 4.52. The molecule has 0 aliphatic heterocycles. The molecule has 1 atom stereocenters. The number of hydrogen-bond donors (Lipinski definition) is 0. The normalized spacial score (nSPS) is 13.6. The van der Waals surface area contributed by atoms with Gasteiger partial charge in [-0.15, -0.1) is 11.3 Å². The Bertz CT molecular complexity index is 623. The quantitative estimate of drug-likeness (QED) is 0.584. The number of nitrogens with zero attached hydrogens (tertiary/aromatic N) is 1. The number of rotatable bonds is 10. The average molecular weight is 360 g/mol. The standard InChI is InChI=1S/C21H29NO2S/c1-4-22(5-2)16-15-21(20(23)24-3,19-12-9-17-25-19)14-13-18-10-7-6-8-11-18/h6-12,17H,4-5,13-16H2,1-3H3/t21-/m0/s1. The zero-order valence-electron chi connectivity index (χ0n) is 15.5. The second-order valence-electron chi connectivity index (χ2n) is 6.31. The Morgan fingerprint density at radius 2 is 1.80 bits per heavy atom. The summed E-state index contributed by atoms with van der Waals surface area (Å²) in [5, 5.41) is 2.05. The molecule has 136 valence electrons. The van der Waals surface area contributed by atoms with Gasteiger partial charge in [0.2, 0.25) is 0 Å². The summed E-state index contributed by atoms with van der Waals surface area (Å²) in [6.45, 7) is 7.22. The summed E-state index contributed by atoms with van der Waals surface area (Å²) in [4.78, 5) is 16.4. The van der Waals surface area contributed by atoms with Gasteiger partial charge in [-0.2, -0.15) is 0 Å². The second-order valence-corrected chi connectivity index (χ2v) is 7.26. The van der Waals surface area contributed by atoms with Gasteiger partial charge in [0, 0.05) is 4.88 Å². The molecule has 0 bridgehead atoms. The Balaban J connectivity index is 2.28. The summed E-state index contributed by atoms with van der Waals surface area (Å²) in [7, 11) is 1.50. The molecule has 0 amide bonds. The molecule has 25 heavy (non-hydrogen) atoms. The molecule has 0 aliphatic carbocycles. The van der Waals surface area contributed by atoms with Crippen molar-refractivity contribution in [1.29, 1.82) is 0 Å². The van der Waals surface area contributed by atoms with Crippen LogP contribution in [0.1, 0.15) is 37.1 Å². The number of hydrogen-bond acceptors (Lipinski definition) is 4. The highest BCUT2D eigenvalue weighted by molar-refractivity contribution is 7.10. The van der Waals surface area contributed by atoms with Crippen molar-refractivity contribution in [1.82, 2.24) is 4.90 Å². The van der Waals surface area contributed by atoms with Crippen LogP contribution in [-0.2, 0) is 21.4 Å². The van der Waals surface area contributed by atoms with Crippen molar-refractivity contribution in [2.24, 2.45) is 0 Å². The van der Waals surface area contributed by atoms with E-state index < -0.39 is 5.41 Å². The minimum absolute atomic E-state index is 0.113. The number of methoxy groups -OCH3 is 1. The molecule has 0 fully saturated rings. The lowest BCUT2D eigenvalue weighted by molar-refractivity contribution is -0.148. The summed E-state index contributed by atoms with van der Waals surface area (Å²) < 4.78 is 5.28. The highest BCUT2D eigenvalue weighted by Crippen LogP contribution is 2.37. The number of thiophene rings is 1. The molecule has 0 radical (unpaired) electrons. The van der Waals surface area contributed by atoms with E-state index >= 15 is 0 Å². The van der Waals surface area contributed by atoms with Crippen LogP contribution in [0.5, 0.6) is 0 Å². The van der Waals surface area contributed by atoms with E-state index in [1.54, 1.807) is 11.3 Å². The largest absolute Gasteiger partial charge is 0.468 e. The van der Waals surface area contributed by atoms with Gasteiger partial charge in [-0.25, -0.2) is 0 Å². The monoisotopic (exact) mass is 359 g/mol. The van der Waals surface area contributed by atoms with Crippen LogP contribution in [0.25, 0.3) is 0 Å². The van der Waals surface area contributed by atoms with Gasteiger partial charge in [0.25, 0.3) is 0 Å². The number of carbonyl (C=O) groups excluding carboxylic acids is 1. The van der Waals surface area contributed by atoms with Crippen LogP contribution in [0.4, 0.5) is 0 Å². The molecule has 0 saturated carbocycles. The van der Waals surface area contributed by atoms with Crippen molar-refractivity contribution < 1.29 is 9.53 Å². The second kappa shape index (κ2) is 9.73. The lowest BCUT2D eigenvalue weighted by atomic mass is 9.77. The van der Waals surface area contributed by atoms with Crippen LogP contribution in [0, 0.1) is 0 Å². The van der Waals surface area contributed by atoms with Crippen molar-refractivity contribution in [3.05, 3.63) is 58.3 Å². The minimum Gasteiger partial charge on any atom is -0.468 e. The summed E-state index contributed by atoms with van der Waals surface area (Å²) in [5.74, 6) is -0.113. The molecule has 0 unspecified atom stereocenters. The molecule has 0 saturated heterocycles. The van der Waals surface area contributed by atoms with Gasteiger partial charge in [-0.05, 0) is 55.9 Å². The number of ether oxygens (including phenoxy) is 1. The van der Waals surface area contributed by atoms with Crippen molar-refractivity contribution >= 4 is 17.3 Å².